The molecule has 4 rings (SSSR count). The van der Waals surface area contributed by atoms with Crippen molar-refractivity contribution in [2.45, 2.75) is 38.1 Å². The van der Waals surface area contributed by atoms with Crippen molar-refractivity contribution in [1.29, 1.82) is 0 Å². The maximum Gasteiger partial charge on any atom is 0.359 e. The van der Waals surface area contributed by atoms with Gasteiger partial charge in [0.1, 0.15) is 11.2 Å². The van der Waals surface area contributed by atoms with Gasteiger partial charge in [-0.3, -0.25) is 15.0 Å². The van der Waals surface area contributed by atoms with Crippen LogP contribution in [0.25, 0.3) is 5.65 Å². The lowest BCUT2D eigenvalue weighted by Gasteiger charge is -2.33. The molecule has 2 aromatic rings. The van der Waals surface area contributed by atoms with Gasteiger partial charge in [-0.25, -0.2) is 14.6 Å². The smallest absolute Gasteiger partial charge is 0.359 e. The number of rotatable bonds is 4. The Hall–Kier alpha value is -3.43. The molecule has 0 radical (unpaired) electrons. The number of fused-ring (bicyclic) bond motifs is 1. The number of pyridine rings is 1. The lowest BCUT2D eigenvalue weighted by molar-refractivity contribution is -0.141. The molecule has 10 heteroatoms. The molecule has 2 aliphatic rings. The van der Waals surface area contributed by atoms with Crippen LogP contribution < -0.4 is 10.7 Å². The minimum absolute atomic E-state index is 0.0503. The first kappa shape index (κ1) is 18.9. The van der Waals surface area contributed by atoms with E-state index in [1.54, 1.807) is 28.8 Å². The first-order chi connectivity index (χ1) is 13.9. The van der Waals surface area contributed by atoms with Gasteiger partial charge in [0.05, 0.1) is 0 Å². The monoisotopic (exact) mass is 399 g/mol. The number of carbonyl (C=O) groups is 4. The number of imidazole rings is 1. The van der Waals surface area contributed by atoms with Gasteiger partial charge < -0.3 is 14.5 Å². The fourth-order valence-corrected chi connectivity index (χ4v) is 3.71. The van der Waals surface area contributed by atoms with E-state index in [1.807, 2.05) is 0 Å². The van der Waals surface area contributed by atoms with E-state index < -0.39 is 36.0 Å². The molecule has 0 bridgehead atoms. The molecule has 1 aliphatic heterocycles. The molecule has 29 heavy (non-hydrogen) atoms. The predicted molar refractivity (Wildman–Crippen MR) is 99.4 cm³/mol. The number of hydrogen-bond acceptors (Lipinski definition) is 6. The Morgan fingerprint density at radius 2 is 2.07 bits per heavy atom. The lowest BCUT2D eigenvalue weighted by atomic mass is 9.77. The molecular weight excluding hydrogens is 378 g/mol. The quantitative estimate of drug-likeness (QED) is 0.585. The first-order valence-corrected chi connectivity index (χ1v) is 9.45. The van der Waals surface area contributed by atoms with Crippen molar-refractivity contribution in [2.24, 2.45) is 5.92 Å². The Bertz CT molecular complexity index is 959. The molecule has 2 fully saturated rings. The number of esters is 1. The average Bonchev–Trinajstić information content (AvgIpc) is 3.24. The highest BCUT2D eigenvalue weighted by Gasteiger charge is 2.52. The molecule has 10 nitrogen and oxygen atoms in total. The van der Waals surface area contributed by atoms with Crippen LogP contribution in [0, 0.1) is 5.92 Å². The van der Waals surface area contributed by atoms with Crippen LogP contribution in [-0.4, -0.2) is 50.4 Å². The van der Waals surface area contributed by atoms with Crippen LogP contribution in [0.2, 0.25) is 0 Å². The van der Waals surface area contributed by atoms with E-state index >= 15 is 0 Å². The number of nitrogens with one attached hydrogen (secondary N) is 2. The van der Waals surface area contributed by atoms with Gasteiger partial charge in [0, 0.05) is 12.4 Å². The standard InChI is InChI=1S/C19H21N5O5/c1-12-5-7-19(8-6-12)17(27)24(18(28)21-19)22-15(25)11-29-16(26)13-10-23-9-3-2-4-14(23)20-13/h2-4,9-10,12H,5-8,11H2,1H3,(H,21,28)(H,22,25). The minimum Gasteiger partial charge on any atom is -0.451 e. The van der Waals surface area contributed by atoms with Gasteiger partial charge in [0.2, 0.25) is 0 Å². The molecular formula is C19H21N5O5. The van der Waals surface area contributed by atoms with Crippen molar-refractivity contribution in [3.8, 4) is 0 Å². The third-order valence-electron chi connectivity index (χ3n) is 5.43. The van der Waals surface area contributed by atoms with Crippen molar-refractivity contribution in [1.82, 2.24) is 25.1 Å². The van der Waals surface area contributed by atoms with Crippen molar-refractivity contribution in [3.05, 3.63) is 36.3 Å². The highest BCUT2D eigenvalue weighted by Crippen LogP contribution is 2.35. The maximum absolute atomic E-state index is 12.7. The molecule has 4 amide bonds. The Morgan fingerprint density at radius 1 is 1.31 bits per heavy atom. The molecule has 2 aromatic heterocycles. The summed E-state index contributed by atoms with van der Waals surface area (Å²) in [5.74, 6) is -1.55. The first-order valence-electron chi connectivity index (χ1n) is 9.45. The van der Waals surface area contributed by atoms with Crippen LogP contribution in [0.3, 0.4) is 0 Å². The highest BCUT2D eigenvalue weighted by molar-refractivity contribution is 6.08. The van der Waals surface area contributed by atoms with Crippen molar-refractivity contribution < 1.29 is 23.9 Å². The largest absolute Gasteiger partial charge is 0.451 e. The second kappa shape index (κ2) is 7.19. The summed E-state index contributed by atoms with van der Waals surface area (Å²) < 4.78 is 6.60. The molecule has 1 saturated heterocycles. The summed E-state index contributed by atoms with van der Waals surface area (Å²) in [6.07, 6.45) is 5.93. The summed E-state index contributed by atoms with van der Waals surface area (Å²) in [5, 5.41) is 3.38. The van der Waals surface area contributed by atoms with Gasteiger partial charge in [0.15, 0.2) is 12.3 Å². The van der Waals surface area contributed by atoms with E-state index in [2.05, 4.69) is 22.7 Å². The summed E-state index contributed by atoms with van der Waals surface area (Å²) in [6.45, 7) is 1.46. The van der Waals surface area contributed by atoms with Crippen molar-refractivity contribution in [2.75, 3.05) is 6.61 Å². The number of hydrogen-bond donors (Lipinski definition) is 2. The number of urea groups is 1. The van der Waals surface area contributed by atoms with Crippen LogP contribution in [-0.2, 0) is 14.3 Å². The summed E-state index contributed by atoms with van der Waals surface area (Å²) in [5.41, 5.74) is 1.89. The van der Waals surface area contributed by atoms with Crippen LogP contribution >= 0.6 is 0 Å². The van der Waals surface area contributed by atoms with Crippen molar-refractivity contribution in [3.63, 3.8) is 0 Å². The third kappa shape index (κ3) is 3.53. The molecule has 1 aliphatic carbocycles. The molecule has 2 N–H and O–H groups in total. The van der Waals surface area contributed by atoms with E-state index in [0.717, 1.165) is 12.8 Å². The van der Waals surface area contributed by atoms with Gasteiger partial charge in [-0.2, -0.15) is 5.01 Å². The molecule has 3 heterocycles. The Kier molecular flexibility index (Phi) is 4.69. The van der Waals surface area contributed by atoms with Gasteiger partial charge in [-0.1, -0.05) is 13.0 Å². The third-order valence-corrected chi connectivity index (χ3v) is 5.43. The van der Waals surface area contributed by atoms with Crippen molar-refractivity contribution >= 4 is 29.5 Å². The summed E-state index contributed by atoms with van der Waals surface area (Å²) in [7, 11) is 0. The zero-order chi connectivity index (χ0) is 20.6. The minimum atomic E-state index is -0.954. The highest BCUT2D eigenvalue weighted by atomic mass is 16.5. The topological polar surface area (TPSA) is 122 Å². The molecule has 1 spiro atoms. The molecule has 0 unspecified atom stereocenters. The van der Waals surface area contributed by atoms with E-state index in [-0.39, 0.29) is 5.69 Å². The second-order valence-corrected chi connectivity index (χ2v) is 7.54. The number of amides is 4. The summed E-state index contributed by atoms with van der Waals surface area (Å²) in [6, 6.07) is 4.62. The summed E-state index contributed by atoms with van der Waals surface area (Å²) in [4.78, 5) is 53.3. The molecule has 0 atom stereocenters. The van der Waals surface area contributed by atoms with E-state index in [0.29, 0.717) is 29.4 Å². The Morgan fingerprint density at radius 3 is 2.79 bits per heavy atom. The number of imide groups is 1. The number of aromatic nitrogens is 2. The maximum atomic E-state index is 12.7. The number of ether oxygens (including phenoxy) is 1. The van der Waals surface area contributed by atoms with Crippen LogP contribution in [0.4, 0.5) is 4.79 Å². The fraction of sp³-hybridized carbons (Fsp3) is 0.421. The Balaban J connectivity index is 1.34. The van der Waals surface area contributed by atoms with E-state index in [9.17, 15) is 19.2 Å². The molecule has 152 valence electrons. The zero-order valence-corrected chi connectivity index (χ0v) is 15.9. The SMILES string of the molecule is CC1CCC2(CC1)NC(=O)N(NC(=O)COC(=O)c1cn3ccccc3n1)C2=O. The zero-order valence-electron chi connectivity index (χ0n) is 15.9. The molecule has 1 saturated carbocycles. The van der Waals surface area contributed by atoms with Crippen LogP contribution in [0.15, 0.2) is 30.6 Å². The molecule has 0 aromatic carbocycles. The normalized spacial score (nSPS) is 24.0. The lowest BCUT2D eigenvalue weighted by Crippen LogP contribution is -2.52. The predicted octanol–water partition coefficient (Wildman–Crippen LogP) is 1.02. The Labute approximate surface area is 166 Å². The van der Waals surface area contributed by atoms with Gasteiger partial charge in [-0.05, 0) is 43.7 Å². The summed E-state index contributed by atoms with van der Waals surface area (Å²) >= 11 is 0. The van der Waals surface area contributed by atoms with E-state index in [1.165, 1.54) is 6.20 Å². The second-order valence-electron chi connectivity index (χ2n) is 7.54. The number of hydrazine groups is 1. The van der Waals surface area contributed by atoms with Gasteiger partial charge in [-0.15, -0.1) is 0 Å². The number of carbonyl (C=O) groups excluding carboxylic acids is 4. The van der Waals surface area contributed by atoms with Gasteiger partial charge >= 0.3 is 12.0 Å². The van der Waals surface area contributed by atoms with E-state index in [4.69, 9.17) is 4.74 Å². The van der Waals surface area contributed by atoms with Gasteiger partial charge in [0.25, 0.3) is 11.8 Å². The average molecular weight is 399 g/mol. The van der Waals surface area contributed by atoms with Crippen LogP contribution in [0.5, 0.6) is 0 Å². The fourth-order valence-electron chi connectivity index (χ4n) is 3.71. The number of nitrogens with zero attached hydrogens (tertiary/aromatic N) is 3. The van der Waals surface area contributed by atoms with Crippen LogP contribution in [0.1, 0.15) is 43.1 Å².